The van der Waals surface area contributed by atoms with Gasteiger partial charge in [0.05, 0.1) is 171 Å². The van der Waals surface area contributed by atoms with Crippen molar-refractivity contribution in [3.05, 3.63) is 260 Å². The second kappa shape index (κ2) is 49.0. The van der Waals surface area contributed by atoms with Crippen LogP contribution in [-0.2, 0) is 70.2 Å². The van der Waals surface area contributed by atoms with Gasteiger partial charge in [-0.05, 0) is 146 Å². The van der Waals surface area contributed by atoms with E-state index in [-0.39, 0.29) is 169 Å². The molecule has 0 spiro atoms. The molecule has 4 N–H and O–H groups in total. The molecule has 11 heterocycles. The van der Waals surface area contributed by atoms with E-state index in [4.69, 9.17) is 154 Å². The molecule has 4 fully saturated rings. The Hall–Kier alpha value is -11.2. The van der Waals surface area contributed by atoms with E-state index in [1.807, 2.05) is 30.3 Å². The third-order valence-corrected chi connectivity index (χ3v) is 29.3. The van der Waals surface area contributed by atoms with Crippen LogP contribution in [-0.4, -0.2) is 201 Å². The van der Waals surface area contributed by atoms with E-state index in [0.717, 1.165) is 73.3 Å². The molecule has 16 rings (SSSR count). The molecule has 4 aliphatic heterocycles. The number of carbonyl (C=O) groups is 8. The van der Waals surface area contributed by atoms with E-state index in [2.05, 4.69) is 67.5 Å². The van der Waals surface area contributed by atoms with E-state index >= 15 is 0 Å². The number of ether oxygens (including phenoxy) is 12. The molecule has 4 amide bonds. The van der Waals surface area contributed by atoms with Gasteiger partial charge in [-0.3, -0.25) is 58.3 Å². The lowest BCUT2D eigenvalue weighted by Crippen LogP contribution is -2.45. The number of allylic oxidation sites excluding steroid dienone is 1. The first-order chi connectivity index (χ1) is 67.4. The minimum atomic E-state index is -0.511. The van der Waals surface area contributed by atoms with Crippen LogP contribution in [0, 0.1) is 23.7 Å². The van der Waals surface area contributed by atoms with Crippen molar-refractivity contribution in [2.24, 2.45) is 23.7 Å². The van der Waals surface area contributed by atoms with Crippen molar-refractivity contribution in [1.29, 1.82) is 0 Å². The predicted octanol–water partition coefficient (Wildman–Crippen LogP) is 19.3. The fraction of sp³-hybridized carbons (Fsp3) is 0.327. The van der Waals surface area contributed by atoms with E-state index in [0.29, 0.717) is 152 Å². The average Bonchev–Trinajstić information content (AvgIpc) is 1.76. The lowest BCUT2D eigenvalue weighted by molar-refractivity contribution is -0.119. The summed E-state index contributed by atoms with van der Waals surface area (Å²) in [6, 6.07) is 19.0. The second-order valence-corrected chi connectivity index (χ2v) is 37.9. The molecule has 736 valence electrons. The molecule has 4 aromatic carbocycles. The van der Waals surface area contributed by atoms with Crippen LogP contribution in [0.3, 0.4) is 0 Å². The van der Waals surface area contributed by atoms with Crippen LogP contribution >= 0.6 is 115 Å². The molecule has 8 unspecified atom stereocenters. The van der Waals surface area contributed by atoms with Crippen LogP contribution in [0.4, 0.5) is 0 Å². The summed E-state index contributed by atoms with van der Waals surface area (Å²) in [6.45, 7) is 18.6. The van der Waals surface area contributed by atoms with Gasteiger partial charge in [-0.2, -0.15) is 0 Å². The number of halogens is 8. The van der Waals surface area contributed by atoms with Crippen molar-refractivity contribution < 1.29 is 99.6 Å². The number of rotatable bonds is 32. The largest absolute Gasteiger partial charge is 0.495 e. The number of ketones is 4. The predicted molar refractivity (Wildman–Crippen MR) is 541 cm³/mol. The molecule has 5 aliphatic rings. The maximum atomic E-state index is 13.4. The Morgan fingerprint density at radius 2 is 0.650 bits per heavy atom. The molecule has 7 aromatic heterocycles. The number of furan rings is 1. The van der Waals surface area contributed by atoms with Crippen LogP contribution in [0.15, 0.2) is 152 Å². The van der Waals surface area contributed by atoms with Gasteiger partial charge in [0.25, 0.3) is 0 Å². The minimum absolute atomic E-state index is 0.00990. The molecule has 1 aliphatic carbocycles. The summed E-state index contributed by atoms with van der Waals surface area (Å²) in [6.07, 6.45) is 19.6. The Labute approximate surface area is 854 Å². The highest BCUT2D eigenvalue weighted by atomic mass is 35.5. The van der Waals surface area contributed by atoms with Crippen molar-refractivity contribution in [2.45, 2.75) is 82.0 Å². The molecule has 0 bridgehead atoms. The number of nitrogens with one attached hydrogen (secondary N) is 4. The zero-order chi connectivity index (χ0) is 100. The number of Topliss-reactive ketones (excluding diaryl/α,β-unsaturated/α-hetero) is 1. The number of hydrogen-bond acceptors (Lipinski definition) is 27. The van der Waals surface area contributed by atoms with Gasteiger partial charge in [0.15, 0.2) is 17.1 Å². The first kappa shape index (κ1) is 106. The molecule has 39 heteroatoms. The van der Waals surface area contributed by atoms with Crippen molar-refractivity contribution in [3.8, 4) is 46.0 Å². The standard InChI is InChI=1S/C26H26Cl2N2O5.C25H24Cl2N2O6.2C25H24Cl2N2O5S/c1-4-22(31)30-19-5-6-35-13-17(19)10-18-9-14-7-15(8-16(14)12-29-18)26(32)23-24(27)20(33-2)11-21(34-3)25(23)28;3*1-4-21(30)29-16-5-6-34-12-14(16)8-15-7-13-9-19(35-20(13)11-28-15)25(31)22-23(26)17(32-2)10-18(33-3)24(22)27/h4,7,9,11-12,17,19H,1,5-6,8,10,13H2,2-3H3,(H,30,31);3*4,7,9-11,14,16H,1,5-6,8,12H2,2-3H3,(H,29,30). The molecule has 4 saturated heterocycles. The summed E-state index contributed by atoms with van der Waals surface area (Å²) in [4.78, 5) is 120. The lowest BCUT2D eigenvalue weighted by atomic mass is 9.90. The highest BCUT2D eigenvalue weighted by Gasteiger charge is 2.37. The fourth-order valence-corrected chi connectivity index (χ4v) is 21.4. The lowest BCUT2D eigenvalue weighted by Gasteiger charge is -2.31. The normalized spacial score (nSPS) is 18.0. The van der Waals surface area contributed by atoms with Crippen LogP contribution in [0.5, 0.6) is 46.0 Å². The Kier molecular flexibility index (Phi) is 37.1. The Bertz CT molecular complexity index is 6060. The SMILES string of the molecule is C=CC(=O)NC1CCOCC1Cc1cc2c(cn1)CC(C(=O)c1c(Cl)c(OC)cc(OC)c1Cl)=C2.C=CC(=O)NC1CCOCC1Cc1cc2cc(C(=O)c3c(Cl)c(OC)cc(OC)c3Cl)oc2cn1.C=CC(=O)NC1CCOCC1Cc1cc2cc(C(=O)c3c(Cl)c(OC)cc(OC)c3Cl)sc2cn1.C=CC(=O)NC1CCOCC1Cc1cc2cc(C(=O)c3c(Cl)c(OC)cc(OC)c3Cl)sc2cn1. The highest BCUT2D eigenvalue weighted by Crippen LogP contribution is 2.48. The topological polar surface area (TPSA) is 360 Å². The number of pyridine rings is 4. The molecule has 29 nitrogen and oxygen atoms in total. The van der Waals surface area contributed by atoms with E-state index in [1.54, 1.807) is 61.2 Å². The second-order valence-electron chi connectivity index (χ2n) is 32.7. The van der Waals surface area contributed by atoms with Crippen LogP contribution in [0.2, 0.25) is 40.2 Å². The van der Waals surface area contributed by atoms with E-state index in [1.165, 1.54) is 110 Å². The summed E-state index contributed by atoms with van der Waals surface area (Å²) in [5.41, 5.74) is 6.63. The van der Waals surface area contributed by atoms with Crippen molar-refractivity contribution >= 4 is 199 Å². The molecule has 11 aromatic rings. The summed E-state index contributed by atoms with van der Waals surface area (Å²) < 4.78 is 72.2. The number of benzene rings is 4. The maximum Gasteiger partial charge on any atom is 0.243 e. The van der Waals surface area contributed by atoms with E-state index in [9.17, 15) is 38.4 Å². The summed E-state index contributed by atoms with van der Waals surface area (Å²) in [5.74, 6) is 0.429. The minimum Gasteiger partial charge on any atom is -0.495 e. The highest BCUT2D eigenvalue weighted by molar-refractivity contribution is 7.21. The number of fused-ring (bicyclic) bond motifs is 4. The average molecular weight is 2110 g/mol. The summed E-state index contributed by atoms with van der Waals surface area (Å²) in [5, 5.41) is 15.3. The zero-order valence-electron chi connectivity index (χ0n) is 77.2. The van der Waals surface area contributed by atoms with Gasteiger partial charge in [0, 0.05) is 157 Å². The first-order valence-corrected chi connectivity index (χ1v) is 48.5. The monoisotopic (exact) mass is 2100 g/mol. The maximum absolute atomic E-state index is 13.4. The molecular weight excluding hydrogens is 2010 g/mol. The van der Waals surface area contributed by atoms with Crippen molar-refractivity contribution in [1.82, 2.24) is 41.2 Å². The van der Waals surface area contributed by atoms with Gasteiger partial charge in [-0.25, -0.2) is 0 Å². The number of methoxy groups -OCH3 is 8. The quantitative estimate of drug-likeness (QED) is 0.0225. The molecule has 8 atom stereocenters. The van der Waals surface area contributed by atoms with Crippen LogP contribution < -0.4 is 59.2 Å². The smallest absolute Gasteiger partial charge is 0.243 e. The Morgan fingerprint density at radius 1 is 0.364 bits per heavy atom. The number of hydrogen-bond donors (Lipinski definition) is 4. The third-order valence-electron chi connectivity index (χ3n) is 24.2. The molecular formula is C101H98Cl8N8O21S2. The third kappa shape index (κ3) is 24.7. The number of carbonyl (C=O) groups excluding carboxylic acids is 8. The van der Waals surface area contributed by atoms with Gasteiger partial charge in [0.1, 0.15) is 46.0 Å². The Morgan fingerprint density at radius 3 is 0.964 bits per heavy atom. The van der Waals surface area contributed by atoms with Crippen molar-refractivity contribution in [2.75, 3.05) is 110 Å². The van der Waals surface area contributed by atoms with Gasteiger partial charge in [-0.15, -0.1) is 22.7 Å². The summed E-state index contributed by atoms with van der Waals surface area (Å²) in [7, 11) is 11.6. The molecule has 0 saturated carbocycles. The molecule has 140 heavy (non-hydrogen) atoms. The number of aromatic nitrogens is 4. The summed E-state index contributed by atoms with van der Waals surface area (Å²) >= 11 is 54.1. The van der Waals surface area contributed by atoms with Crippen molar-refractivity contribution in [3.63, 3.8) is 0 Å². The number of thiophene rings is 2. The number of nitrogens with zero attached hydrogens (tertiary/aromatic N) is 4. The van der Waals surface area contributed by atoms with Crippen LogP contribution in [0.25, 0.3) is 37.2 Å². The Balaban J connectivity index is 0.000000157. The number of amides is 4. The van der Waals surface area contributed by atoms with Gasteiger partial charge in [-0.1, -0.05) is 119 Å². The fourth-order valence-electron chi connectivity index (χ4n) is 16.8. The first-order valence-electron chi connectivity index (χ1n) is 43.9. The van der Waals surface area contributed by atoms with E-state index < -0.39 is 5.78 Å². The zero-order valence-corrected chi connectivity index (χ0v) is 84.9. The van der Waals surface area contributed by atoms with Gasteiger partial charge in [0.2, 0.25) is 41.0 Å². The van der Waals surface area contributed by atoms with Gasteiger partial charge >= 0.3 is 0 Å². The van der Waals surface area contributed by atoms with Crippen LogP contribution in [0.1, 0.15) is 117 Å². The van der Waals surface area contributed by atoms with Gasteiger partial charge < -0.3 is 82.5 Å². The molecule has 0 radical (unpaired) electrons.